The van der Waals surface area contributed by atoms with Gasteiger partial charge in [0, 0.05) is 37.8 Å². The van der Waals surface area contributed by atoms with Crippen molar-refractivity contribution >= 4 is 0 Å². The number of hydrogen-bond donors (Lipinski definition) is 1. The summed E-state index contributed by atoms with van der Waals surface area (Å²) in [7, 11) is 0. The summed E-state index contributed by atoms with van der Waals surface area (Å²) in [6.07, 6.45) is 8.21. The van der Waals surface area contributed by atoms with Crippen LogP contribution in [0, 0.1) is 5.92 Å². The van der Waals surface area contributed by atoms with Gasteiger partial charge >= 0.3 is 0 Å². The molecule has 1 saturated heterocycles. The summed E-state index contributed by atoms with van der Waals surface area (Å²) < 4.78 is 2.28. The first-order valence-electron chi connectivity index (χ1n) is 8.16. The lowest BCUT2D eigenvalue weighted by Crippen LogP contribution is -2.40. The largest absolute Gasteiger partial charge is 0.333 e. The molecule has 2 unspecified atom stereocenters. The van der Waals surface area contributed by atoms with Gasteiger partial charge in [0.2, 0.25) is 0 Å². The fourth-order valence-corrected chi connectivity index (χ4v) is 3.66. The van der Waals surface area contributed by atoms with Gasteiger partial charge in [-0.05, 0) is 52.0 Å². The average molecular weight is 276 g/mol. The molecule has 2 N–H and O–H groups in total. The number of nitrogens with two attached hydrogens (primary N) is 1. The maximum Gasteiger partial charge on any atom is 0.109 e. The van der Waals surface area contributed by atoms with E-state index in [1.165, 1.54) is 37.4 Å². The third-order valence-electron chi connectivity index (χ3n) is 4.86. The molecule has 2 aliphatic heterocycles. The molecule has 0 aromatic carbocycles. The number of nitrogens with zero attached hydrogens (tertiary/aromatic N) is 3. The van der Waals surface area contributed by atoms with Crippen LogP contribution in [0.15, 0.2) is 6.20 Å². The van der Waals surface area contributed by atoms with Crippen molar-refractivity contribution in [2.75, 3.05) is 13.1 Å². The molecule has 0 spiro atoms. The summed E-state index contributed by atoms with van der Waals surface area (Å²) in [5, 5.41) is 0. The van der Waals surface area contributed by atoms with E-state index >= 15 is 0 Å². The van der Waals surface area contributed by atoms with E-state index < -0.39 is 0 Å². The molecule has 3 rings (SSSR count). The summed E-state index contributed by atoms with van der Waals surface area (Å²) >= 11 is 0. The van der Waals surface area contributed by atoms with Gasteiger partial charge in [-0.1, -0.05) is 0 Å². The van der Waals surface area contributed by atoms with E-state index in [1.807, 2.05) is 0 Å². The molecule has 4 heteroatoms. The lowest BCUT2D eigenvalue weighted by Gasteiger charge is -2.35. The number of piperidine rings is 1. The Morgan fingerprint density at radius 2 is 2.20 bits per heavy atom. The molecule has 20 heavy (non-hydrogen) atoms. The Balaban J connectivity index is 1.63. The summed E-state index contributed by atoms with van der Waals surface area (Å²) in [6, 6.07) is 0.988. The number of imidazole rings is 1. The van der Waals surface area contributed by atoms with Crippen molar-refractivity contribution in [3.8, 4) is 0 Å². The molecule has 2 atom stereocenters. The van der Waals surface area contributed by atoms with Gasteiger partial charge in [0.05, 0.1) is 5.69 Å². The second-order valence-corrected chi connectivity index (χ2v) is 6.90. The van der Waals surface area contributed by atoms with Crippen LogP contribution in [-0.2, 0) is 19.4 Å². The second kappa shape index (κ2) is 5.86. The van der Waals surface area contributed by atoms with Gasteiger partial charge in [0.1, 0.15) is 5.82 Å². The van der Waals surface area contributed by atoms with E-state index in [4.69, 9.17) is 10.7 Å². The molecule has 0 amide bonds. The Labute approximate surface area is 122 Å². The molecule has 0 aliphatic carbocycles. The zero-order chi connectivity index (χ0) is 14.1. The van der Waals surface area contributed by atoms with Gasteiger partial charge < -0.3 is 15.2 Å². The maximum atomic E-state index is 6.04. The zero-order valence-corrected chi connectivity index (χ0v) is 12.9. The average Bonchev–Trinajstić information content (AvgIpc) is 2.80. The third-order valence-corrected chi connectivity index (χ3v) is 4.86. The van der Waals surface area contributed by atoms with Crippen molar-refractivity contribution in [1.82, 2.24) is 14.5 Å². The first-order valence-corrected chi connectivity index (χ1v) is 8.16. The highest BCUT2D eigenvalue weighted by atomic mass is 15.2. The van der Waals surface area contributed by atoms with Gasteiger partial charge in [-0.15, -0.1) is 0 Å². The summed E-state index contributed by atoms with van der Waals surface area (Å²) in [5.41, 5.74) is 7.32. The van der Waals surface area contributed by atoms with Gasteiger partial charge in [-0.25, -0.2) is 4.98 Å². The van der Waals surface area contributed by atoms with E-state index in [-0.39, 0.29) is 0 Å². The fraction of sp³-hybridized carbons (Fsp3) is 0.812. The van der Waals surface area contributed by atoms with Crippen LogP contribution in [0.4, 0.5) is 0 Å². The second-order valence-electron chi connectivity index (χ2n) is 6.90. The van der Waals surface area contributed by atoms with Gasteiger partial charge in [0.15, 0.2) is 0 Å². The summed E-state index contributed by atoms with van der Waals surface area (Å²) in [4.78, 5) is 7.45. The van der Waals surface area contributed by atoms with Crippen LogP contribution in [-0.4, -0.2) is 39.6 Å². The van der Waals surface area contributed by atoms with Gasteiger partial charge in [0.25, 0.3) is 0 Å². The topological polar surface area (TPSA) is 47.1 Å². The number of aromatic nitrogens is 2. The molecule has 0 bridgehead atoms. The van der Waals surface area contributed by atoms with Crippen LogP contribution < -0.4 is 5.73 Å². The highest BCUT2D eigenvalue weighted by Crippen LogP contribution is 2.23. The third kappa shape index (κ3) is 3.07. The van der Waals surface area contributed by atoms with Crippen LogP contribution in [0.3, 0.4) is 0 Å². The lowest BCUT2D eigenvalue weighted by atomic mass is 9.93. The monoisotopic (exact) mass is 276 g/mol. The van der Waals surface area contributed by atoms with E-state index in [2.05, 4.69) is 29.5 Å². The van der Waals surface area contributed by atoms with E-state index in [9.17, 15) is 0 Å². The van der Waals surface area contributed by atoms with Crippen molar-refractivity contribution in [3.05, 3.63) is 17.7 Å². The summed E-state index contributed by atoms with van der Waals surface area (Å²) in [5.74, 6) is 2.02. The van der Waals surface area contributed by atoms with Crippen LogP contribution in [0.25, 0.3) is 0 Å². The minimum absolute atomic E-state index is 0.315. The van der Waals surface area contributed by atoms with Crippen molar-refractivity contribution in [3.63, 3.8) is 0 Å². The first-order chi connectivity index (χ1) is 9.61. The molecule has 4 nitrogen and oxygen atoms in total. The number of likely N-dealkylation sites (tertiary alicyclic amines) is 1. The van der Waals surface area contributed by atoms with Crippen molar-refractivity contribution in [1.29, 1.82) is 0 Å². The quantitative estimate of drug-likeness (QED) is 0.916. The fourth-order valence-electron chi connectivity index (χ4n) is 3.66. The Kier molecular flexibility index (Phi) is 4.13. The zero-order valence-electron chi connectivity index (χ0n) is 12.9. The van der Waals surface area contributed by atoms with Crippen molar-refractivity contribution < 1.29 is 0 Å². The number of rotatable bonds is 3. The maximum absolute atomic E-state index is 6.04. The molecule has 3 heterocycles. The van der Waals surface area contributed by atoms with Crippen LogP contribution in [0.5, 0.6) is 0 Å². The van der Waals surface area contributed by atoms with E-state index in [0.717, 1.165) is 31.7 Å². The molecule has 0 radical (unpaired) electrons. The molecule has 1 aromatic rings. The Hall–Kier alpha value is -0.870. The Morgan fingerprint density at radius 1 is 1.35 bits per heavy atom. The van der Waals surface area contributed by atoms with E-state index in [1.54, 1.807) is 0 Å². The highest BCUT2D eigenvalue weighted by molar-refractivity contribution is 5.08. The number of fused-ring (bicyclic) bond motifs is 1. The molecule has 0 saturated carbocycles. The van der Waals surface area contributed by atoms with Crippen LogP contribution >= 0.6 is 0 Å². The number of hydrogen-bond acceptors (Lipinski definition) is 3. The Bertz CT molecular complexity index is 451. The molecule has 1 fully saturated rings. The van der Waals surface area contributed by atoms with Crippen LogP contribution in [0.1, 0.15) is 44.6 Å². The standard InChI is InChI=1S/C16H28N4/c1-12(2)19-7-3-4-13(9-19)8-15-11-20-10-14(17)5-6-16(20)18-15/h11-14H,3-10,17H2,1-2H3. The predicted octanol–water partition coefficient (Wildman–Crippen LogP) is 1.82. The molecule has 1 aromatic heterocycles. The number of aryl methyl sites for hydroxylation is 1. The highest BCUT2D eigenvalue weighted by Gasteiger charge is 2.24. The summed E-state index contributed by atoms with van der Waals surface area (Å²) in [6.45, 7) is 8.06. The molecular weight excluding hydrogens is 248 g/mol. The van der Waals surface area contributed by atoms with Crippen LogP contribution in [0.2, 0.25) is 0 Å². The van der Waals surface area contributed by atoms with Gasteiger partial charge in [-0.3, -0.25) is 0 Å². The van der Waals surface area contributed by atoms with Gasteiger partial charge in [-0.2, -0.15) is 0 Å². The van der Waals surface area contributed by atoms with Crippen molar-refractivity contribution in [2.45, 2.75) is 64.6 Å². The lowest BCUT2D eigenvalue weighted by molar-refractivity contribution is 0.139. The molecular formula is C16H28N4. The predicted molar refractivity (Wildman–Crippen MR) is 81.7 cm³/mol. The smallest absolute Gasteiger partial charge is 0.109 e. The van der Waals surface area contributed by atoms with E-state index in [0.29, 0.717) is 12.1 Å². The Morgan fingerprint density at radius 3 is 3.00 bits per heavy atom. The normalized spacial score (nSPS) is 27.8. The SMILES string of the molecule is CC(C)N1CCCC(Cc2cn3c(n2)CCC(N)C3)C1. The molecule has 2 aliphatic rings. The minimum atomic E-state index is 0.315. The minimum Gasteiger partial charge on any atom is -0.333 e. The first kappa shape index (κ1) is 14.1. The molecule has 112 valence electrons. The van der Waals surface area contributed by atoms with Crippen molar-refractivity contribution in [2.24, 2.45) is 11.7 Å².